The van der Waals surface area contributed by atoms with E-state index in [2.05, 4.69) is 30.5 Å². The molecule has 1 unspecified atom stereocenters. The smallest absolute Gasteiger partial charge is 0.268 e. The summed E-state index contributed by atoms with van der Waals surface area (Å²) < 4.78 is 62.1. The molecule has 0 bridgehead atoms. The minimum Gasteiger partial charge on any atom is -0.488 e. The lowest BCUT2D eigenvalue weighted by Gasteiger charge is -2.18. The van der Waals surface area contributed by atoms with Crippen molar-refractivity contribution < 1.29 is 21.9 Å². The van der Waals surface area contributed by atoms with Gasteiger partial charge in [-0.05, 0) is 27.9 Å². The van der Waals surface area contributed by atoms with Crippen molar-refractivity contribution in [3.05, 3.63) is 69.0 Å². The van der Waals surface area contributed by atoms with E-state index in [9.17, 15) is 17.2 Å². The molecular weight excluding hydrogens is 512 g/mol. The Bertz CT molecular complexity index is 1160. The molecule has 1 aliphatic rings. The lowest BCUT2D eigenvalue weighted by molar-refractivity contribution is 0.195. The molecule has 0 saturated carbocycles. The van der Waals surface area contributed by atoms with Crippen LogP contribution in [0, 0.1) is 11.6 Å². The first-order valence-electron chi connectivity index (χ1n) is 9.35. The zero-order valence-corrected chi connectivity index (χ0v) is 19.3. The Labute approximate surface area is 191 Å². The summed E-state index contributed by atoms with van der Waals surface area (Å²) in [6, 6.07) is 10.9. The second-order valence-corrected chi connectivity index (χ2v) is 10.2. The molecule has 4 rings (SSSR count). The van der Waals surface area contributed by atoms with Crippen LogP contribution in [0.2, 0.25) is 0 Å². The molecule has 1 aromatic heterocycles. The molecule has 1 saturated heterocycles. The first kappa shape index (κ1) is 22.1. The van der Waals surface area contributed by atoms with Gasteiger partial charge in [-0.1, -0.05) is 30.3 Å². The minimum absolute atomic E-state index is 0.00953. The zero-order valence-electron chi connectivity index (χ0n) is 16.1. The summed E-state index contributed by atoms with van der Waals surface area (Å²) in [5.74, 6) is -2.58. The van der Waals surface area contributed by atoms with Crippen LogP contribution in [0.5, 0.6) is 5.75 Å². The van der Waals surface area contributed by atoms with Crippen molar-refractivity contribution in [3.63, 3.8) is 0 Å². The van der Waals surface area contributed by atoms with E-state index in [1.807, 2.05) is 30.3 Å². The maximum Gasteiger partial charge on any atom is 0.268 e. The fourth-order valence-electron chi connectivity index (χ4n) is 3.40. The minimum atomic E-state index is -4.50. The van der Waals surface area contributed by atoms with Gasteiger partial charge >= 0.3 is 0 Å². The van der Waals surface area contributed by atoms with Crippen LogP contribution in [0.4, 0.5) is 14.6 Å². The Morgan fingerprint density at radius 1 is 1.29 bits per heavy atom. The van der Waals surface area contributed by atoms with Gasteiger partial charge in [0.05, 0.1) is 9.98 Å². The van der Waals surface area contributed by atoms with Gasteiger partial charge in [-0.3, -0.25) is 9.62 Å². The number of halogens is 3. The Hall–Kier alpha value is -2.08. The molecule has 3 aromatic rings. The van der Waals surface area contributed by atoms with Gasteiger partial charge < -0.3 is 4.74 Å². The quantitative estimate of drug-likeness (QED) is 0.451. The molecule has 164 valence electrons. The molecule has 0 radical (unpaired) electrons. The van der Waals surface area contributed by atoms with Gasteiger partial charge in [-0.15, -0.1) is 11.3 Å². The molecule has 0 aliphatic carbocycles. The molecule has 11 heteroatoms. The van der Waals surface area contributed by atoms with Gasteiger partial charge in [-0.2, -0.15) is 0 Å². The molecule has 1 atom stereocenters. The molecule has 31 heavy (non-hydrogen) atoms. The van der Waals surface area contributed by atoms with E-state index in [1.165, 1.54) is 16.5 Å². The maximum atomic E-state index is 14.9. The summed E-state index contributed by atoms with van der Waals surface area (Å²) in [5.41, 5.74) is 2.57. The first-order valence-corrected chi connectivity index (χ1v) is 12.6. The van der Waals surface area contributed by atoms with Crippen LogP contribution < -0.4 is 9.46 Å². The largest absolute Gasteiger partial charge is 0.488 e. The van der Waals surface area contributed by atoms with Gasteiger partial charge in [0.1, 0.15) is 11.9 Å². The standard InChI is InChI=1S/C20H18BrF2N3O3S2/c21-18-16(29-14-6-7-26(10-14)9-13-4-2-1-3-5-13)8-15(22)20(19(18)23)31(27,28)25-17-11-30-12-24-17/h1-5,8,11-12,14,25H,6-7,9-10H2. The fourth-order valence-corrected chi connectivity index (χ4v) is 5.64. The predicted molar refractivity (Wildman–Crippen MR) is 118 cm³/mol. The van der Waals surface area contributed by atoms with Gasteiger partial charge in [0.15, 0.2) is 22.3 Å². The summed E-state index contributed by atoms with van der Waals surface area (Å²) >= 11 is 4.17. The predicted octanol–water partition coefficient (Wildman–Crippen LogP) is 4.64. The average molecular weight is 530 g/mol. The number of anilines is 1. The Morgan fingerprint density at radius 3 is 2.77 bits per heavy atom. The molecule has 2 heterocycles. The van der Waals surface area contributed by atoms with Crippen LogP contribution in [0.1, 0.15) is 12.0 Å². The lowest BCUT2D eigenvalue weighted by atomic mass is 10.2. The van der Waals surface area contributed by atoms with Crippen LogP contribution in [-0.4, -0.2) is 37.5 Å². The summed E-state index contributed by atoms with van der Waals surface area (Å²) in [6.07, 6.45) is 0.419. The van der Waals surface area contributed by atoms with E-state index in [0.29, 0.717) is 13.0 Å². The first-order chi connectivity index (χ1) is 14.8. The van der Waals surface area contributed by atoms with Crippen LogP contribution >= 0.6 is 27.3 Å². The summed E-state index contributed by atoms with van der Waals surface area (Å²) in [4.78, 5) is 4.88. The normalized spacial score (nSPS) is 17.1. The SMILES string of the molecule is O=S(=O)(Nc1cscn1)c1c(F)cc(OC2CCN(Cc3ccccc3)C2)c(Br)c1F. The summed E-state index contributed by atoms with van der Waals surface area (Å²) in [5, 5.41) is 1.42. The molecule has 1 N–H and O–H groups in total. The third-order valence-electron chi connectivity index (χ3n) is 4.79. The number of rotatable bonds is 7. The Balaban J connectivity index is 1.49. The van der Waals surface area contributed by atoms with Gasteiger partial charge in [-0.25, -0.2) is 22.2 Å². The highest BCUT2D eigenvalue weighted by Gasteiger charge is 2.31. The third-order valence-corrected chi connectivity index (χ3v) is 7.51. The zero-order chi connectivity index (χ0) is 22.0. The van der Waals surface area contributed by atoms with E-state index < -0.39 is 26.6 Å². The van der Waals surface area contributed by atoms with Crippen LogP contribution in [0.3, 0.4) is 0 Å². The summed E-state index contributed by atoms with van der Waals surface area (Å²) in [6.45, 7) is 2.13. The van der Waals surface area contributed by atoms with Crippen molar-refractivity contribution in [3.8, 4) is 5.75 Å². The number of hydrogen-bond acceptors (Lipinski definition) is 6. The molecular formula is C20H18BrF2N3O3S2. The molecule has 0 spiro atoms. The number of sulfonamides is 1. The van der Waals surface area contributed by atoms with Crippen LogP contribution in [-0.2, 0) is 16.6 Å². The number of hydrogen-bond donors (Lipinski definition) is 1. The second kappa shape index (κ2) is 9.19. The number of thiazole rings is 1. The second-order valence-electron chi connectivity index (χ2n) is 7.04. The average Bonchev–Trinajstić information content (AvgIpc) is 3.38. The van der Waals surface area contributed by atoms with Crippen LogP contribution in [0.25, 0.3) is 0 Å². The number of benzene rings is 2. The number of nitrogens with one attached hydrogen (secondary N) is 1. The highest BCUT2D eigenvalue weighted by Crippen LogP contribution is 2.36. The summed E-state index contributed by atoms with van der Waals surface area (Å²) in [7, 11) is -4.50. The van der Waals surface area contributed by atoms with Crippen molar-refractivity contribution in [2.45, 2.75) is 24.0 Å². The Kier molecular flexibility index (Phi) is 6.56. The van der Waals surface area contributed by atoms with Crippen molar-refractivity contribution in [1.29, 1.82) is 0 Å². The van der Waals surface area contributed by atoms with Crippen molar-refractivity contribution in [2.24, 2.45) is 0 Å². The fraction of sp³-hybridized carbons (Fsp3) is 0.250. The molecule has 1 aliphatic heterocycles. The van der Waals surface area contributed by atoms with Crippen molar-refractivity contribution >= 4 is 43.1 Å². The monoisotopic (exact) mass is 529 g/mol. The maximum absolute atomic E-state index is 14.9. The van der Waals surface area contributed by atoms with E-state index in [4.69, 9.17) is 4.74 Å². The van der Waals surface area contributed by atoms with Crippen molar-refractivity contribution in [1.82, 2.24) is 9.88 Å². The van der Waals surface area contributed by atoms with E-state index in [0.717, 1.165) is 30.5 Å². The molecule has 1 fully saturated rings. The Morgan fingerprint density at radius 2 is 2.06 bits per heavy atom. The number of nitrogens with zero attached hydrogens (tertiary/aromatic N) is 2. The number of aromatic nitrogens is 1. The van der Waals surface area contributed by atoms with Gasteiger partial charge in [0.2, 0.25) is 0 Å². The number of ether oxygens (including phenoxy) is 1. The van der Waals surface area contributed by atoms with Gasteiger partial charge in [0.25, 0.3) is 10.0 Å². The van der Waals surface area contributed by atoms with Crippen molar-refractivity contribution in [2.75, 3.05) is 17.8 Å². The molecule has 2 aromatic carbocycles. The molecule has 6 nitrogen and oxygen atoms in total. The van der Waals surface area contributed by atoms with Crippen LogP contribution in [0.15, 0.2) is 56.7 Å². The highest BCUT2D eigenvalue weighted by molar-refractivity contribution is 9.10. The van der Waals surface area contributed by atoms with E-state index in [1.54, 1.807) is 0 Å². The third kappa shape index (κ3) is 5.05. The topological polar surface area (TPSA) is 71.5 Å². The van der Waals surface area contributed by atoms with Gasteiger partial charge in [0, 0.05) is 31.1 Å². The van der Waals surface area contributed by atoms with E-state index in [-0.39, 0.29) is 22.1 Å². The number of likely N-dealkylation sites (tertiary alicyclic amines) is 1. The highest BCUT2D eigenvalue weighted by atomic mass is 79.9. The van der Waals surface area contributed by atoms with E-state index >= 15 is 0 Å². The molecule has 0 amide bonds. The lowest BCUT2D eigenvalue weighted by Crippen LogP contribution is -2.25.